The molecule has 6 nitrogen and oxygen atoms in total. The van der Waals surface area contributed by atoms with E-state index in [1.54, 1.807) is 32.0 Å². The molecule has 0 amide bonds. The predicted octanol–water partition coefficient (Wildman–Crippen LogP) is 3.01. The maximum absolute atomic E-state index is 12.3. The summed E-state index contributed by atoms with van der Waals surface area (Å²) in [5.74, 6) is 0. The summed E-state index contributed by atoms with van der Waals surface area (Å²) in [6, 6.07) is 10.6. The summed E-state index contributed by atoms with van der Waals surface area (Å²) in [5.41, 5.74) is 1.36. The number of nitro groups is 1. The number of hydrogen-bond acceptors (Lipinski definition) is 4. The molecule has 0 saturated heterocycles. The Kier molecular flexibility index (Phi) is 3.95. The number of anilines is 1. The van der Waals surface area contributed by atoms with Gasteiger partial charge in [0.25, 0.3) is 15.7 Å². The van der Waals surface area contributed by atoms with Crippen LogP contribution in [0.1, 0.15) is 11.1 Å². The van der Waals surface area contributed by atoms with Crippen LogP contribution in [0.5, 0.6) is 0 Å². The zero-order chi connectivity index (χ0) is 15.6. The molecular weight excluding hydrogens is 292 g/mol. The van der Waals surface area contributed by atoms with E-state index in [1.807, 2.05) is 0 Å². The number of rotatable bonds is 4. The fourth-order valence-corrected chi connectivity index (χ4v) is 3.31. The highest BCUT2D eigenvalue weighted by Crippen LogP contribution is 2.24. The monoisotopic (exact) mass is 306 g/mol. The summed E-state index contributed by atoms with van der Waals surface area (Å²) in [7, 11) is -3.72. The predicted molar refractivity (Wildman–Crippen MR) is 79.8 cm³/mol. The standard InChI is InChI=1S/C14H14N2O4S/c1-10-5-3-4-6-14(10)21(19,20)15-13-8-7-12(16(17)18)9-11(13)2/h3-9,15H,1-2H3. The lowest BCUT2D eigenvalue weighted by atomic mass is 10.2. The van der Waals surface area contributed by atoms with Gasteiger partial charge >= 0.3 is 0 Å². The van der Waals surface area contributed by atoms with Gasteiger partial charge in [0, 0.05) is 12.1 Å². The van der Waals surface area contributed by atoms with Crippen LogP contribution in [-0.2, 0) is 10.0 Å². The molecule has 2 aromatic rings. The molecule has 0 saturated carbocycles. The van der Waals surface area contributed by atoms with Crippen molar-refractivity contribution in [3.05, 3.63) is 63.7 Å². The molecule has 0 aliphatic carbocycles. The van der Waals surface area contributed by atoms with Crippen molar-refractivity contribution in [1.29, 1.82) is 0 Å². The van der Waals surface area contributed by atoms with Crippen molar-refractivity contribution in [3.8, 4) is 0 Å². The molecule has 0 atom stereocenters. The summed E-state index contributed by atoms with van der Waals surface area (Å²) < 4.78 is 27.2. The van der Waals surface area contributed by atoms with Crippen molar-refractivity contribution in [2.75, 3.05) is 4.72 Å². The third kappa shape index (κ3) is 3.19. The fraction of sp³-hybridized carbons (Fsp3) is 0.143. The molecule has 0 aromatic heterocycles. The van der Waals surface area contributed by atoms with Gasteiger partial charge in [-0.2, -0.15) is 0 Å². The zero-order valence-corrected chi connectivity index (χ0v) is 12.3. The van der Waals surface area contributed by atoms with E-state index in [9.17, 15) is 18.5 Å². The molecule has 0 unspecified atom stereocenters. The minimum absolute atomic E-state index is 0.0775. The Labute approximate surface area is 122 Å². The lowest BCUT2D eigenvalue weighted by Crippen LogP contribution is -2.15. The van der Waals surface area contributed by atoms with Gasteiger partial charge in [-0.1, -0.05) is 18.2 Å². The van der Waals surface area contributed by atoms with Gasteiger partial charge in [0.1, 0.15) is 0 Å². The molecule has 0 aliphatic rings. The quantitative estimate of drug-likeness (QED) is 0.694. The van der Waals surface area contributed by atoms with Crippen molar-refractivity contribution >= 4 is 21.4 Å². The summed E-state index contributed by atoms with van der Waals surface area (Å²) in [5, 5.41) is 10.7. The Bertz CT molecular complexity index is 800. The summed E-state index contributed by atoms with van der Waals surface area (Å²) in [6.07, 6.45) is 0. The number of nitro benzene ring substituents is 1. The molecule has 0 aliphatic heterocycles. The van der Waals surface area contributed by atoms with Crippen molar-refractivity contribution in [3.63, 3.8) is 0 Å². The van der Waals surface area contributed by atoms with Crippen molar-refractivity contribution in [1.82, 2.24) is 0 Å². The smallest absolute Gasteiger partial charge is 0.269 e. The van der Waals surface area contributed by atoms with E-state index in [-0.39, 0.29) is 10.6 Å². The minimum atomic E-state index is -3.72. The Balaban J connectivity index is 2.38. The number of aryl methyl sites for hydroxylation is 2. The third-order valence-electron chi connectivity index (χ3n) is 3.05. The summed E-state index contributed by atoms with van der Waals surface area (Å²) in [4.78, 5) is 10.3. The molecular formula is C14H14N2O4S. The minimum Gasteiger partial charge on any atom is -0.279 e. The Morgan fingerprint density at radius 2 is 1.71 bits per heavy atom. The Hall–Kier alpha value is -2.41. The molecule has 0 radical (unpaired) electrons. The molecule has 0 heterocycles. The average molecular weight is 306 g/mol. The van der Waals surface area contributed by atoms with Crippen LogP contribution in [0.2, 0.25) is 0 Å². The van der Waals surface area contributed by atoms with Crippen LogP contribution in [0.4, 0.5) is 11.4 Å². The first-order chi connectivity index (χ1) is 9.81. The lowest BCUT2D eigenvalue weighted by molar-refractivity contribution is -0.384. The molecule has 1 N–H and O–H groups in total. The molecule has 2 rings (SSSR count). The Morgan fingerprint density at radius 3 is 2.29 bits per heavy atom. The molecule has 0 fully saturated rings. The highest BCUT2D eigenvalue weighted by atomic mass is 32.2. The first kappa shape index (κ1) is 15.0. The molecule has 2 aromatic carbocycles. The highest BCUT2D eigenvalue weighted by molar-refractivity contribution is 7.92. The van der Waals surface area contributed by atoms with Crippen LogP contribution in [0.3, 0.4) is 0 Å². The van der Waals surface area contributed by atoms with Gasteiger partial charge in [0.2, 0.25) is 0 Å². The van der Waals surface area contributed by atoms with E-state index in [0.29, 0.717) is 16.8 Å². The van der Waals surface area contributed by atoms with Crippen LogP contribution in [0.25, 0.3) is 0 Å². The molecule has 0 bridgehead atoms. The fourth-order valence-electron chi connectivity index (χ4n) is 1.93. The van der Waals surface area contributed by atoms with Gasteiger partial charge in [-0.3, -0.25) is 14.8 Å². The van der Waals surface area contributed by atoms with Gasteiger partial charge in [-0.05, 0) is 37.1 Å². The second kappa shape index (κ2) is 5.53. The van der Waals surface area contributed by atoms with Crippen LogP contribution in [0.15, 0.2) is 47.4 Å². The summed E-state index contributed by atoms with van der Waals surface area (Å²) >= 11 is 0. The molecule has 110 valence electrons. The highest BCUT2D eigenvalue weighted by Gasteiger charge is 2.18. The summed E-state index contributed by atoms with van der Waals surface area (Å²) in [6.45, 7) is 3.32. The maximum Gasteiger partial charge on any atom is 0.269 e. The third-order valence-corrected chi connectivity index (χ3v) is 4.57. The van der Waals surface area contributed by atoms with Crippen LogP contribution in [-0.4, -0.2) is 13.3 Å². The number of benzene rings is 2. The van der Waals surface area contributed by atoms with E-state index in [4.69, 9.17) is 0 Å². The van der Waals surface area contributed by atoms with Gasteiger partial charge in [-0.25, -0.2) is 8.42 Å². The number of non-ortho nitro benzene ring substituents is 1. The first-order valence-corrected chi connectivity index (χ1v) is 7.63. The van der Waals surface area contributed by atoms with Crippen molar-refractivity contribution in [2.45, 2.75) is 18.7 Å². The van der Waals surface area contributed by atoms with Gasteiger partial charge in [0.05, 0.1) is 15.5 Å². The van der Waals surface area contributed by atoms with Crippen LogP contribution < -0.4 is 4.72 Å². The topological polar surface area (TPSA) is 89.3 Å². The van der Waals surface area contributed by atoms with Crippen LogP contribution >= 0.6 is 0 Å². The van der Waals surface area contributed by atoms with Gasteiger partial charge in [-0.15, -0.1) is 0 Å². The Morgan fingerprint density at radius 1 is 1.05 bits per heavy atom. The van der Waals surface area contributed by atoms with Gasteiger partial charge in [0.15, 0.2) is 0 Å². The average Bonchev–Trinajstić information content (AvgIpc) is 2.41. The molecule has 7 heteroatoms. The van der Waals surface area contributed by atoms with E-state index in [1.165, 1.54) is 24.3 Å². The number of hydrogen-bond donors (Lipinski definition) is 1. The number of nitrogens with one attached hydrogen (secondary N) is 1. The normalized spacial score (nSPS) is 11.1. The van der Waals surface area contributed by atoms with Crippen molar-refractivity contribution in [2.24, 2.45) is 0 Å². The van der Waals surface area contributed by atoms with E-state index in [2.05, 4.69) is 4.72 Å². The molecule has 21 heavy (non-hydrogen) atoms. The van der Waals surface area contributed by atoms with Crippen LogP contribution in [0, 0.1) is 24.0 Å². The van der Waals surface area contributed by atoms with Crippen molar-refractivity contribution < 1.29 is 13.3 Å². The largest absolute Gasteiger partial charge is 0.279 e. The second-order valence-corrected chi connectivity index (χ2v) is 6.28. The van der Waals surface area contributed by atoms with Gasteiger partial charge < -0.3 is 0 Å². The van der Waals surface area contributed by atoms with E-state index < -0.39 is 14.9 Å². The van der Waals surface area contributed by atoms with E-state index in [0.717, 1.165) is 0 Å². The van der Waals surface area contributed by atoms with E-state index >= 15 is 0 Å². The number of nitrogens with zero attached hydrogens (tertiary/aromatic N) is 1. The molecule has 0 spiro atoms. The number of sulfonamides is 1. The second-order valence-electron chi connectivity index (χ2n) is 4.63. The SMILES string of the molecule is Cc1cc([N+](=O)[O-])ccc1NS(=O)(=O)c1ccccc1C. The maximum atomic E-state index is 12.3. The lowest BCUT2D eigenvalue weighted by Gasteiger charge is -2.12. The zero-order valence-electron chi connectivity index (χ0n) is 11.5. The first-order valence-electron chi connectivity index (χ1n) is 6.15.